The predicted octanol–water partition coefficient (Wildman–Crippen LogP) is 17.0. The molecule has 1 heterocycles. The lowest BCUT2D eigenvalue weighted by molar-refractivity contribution is 1.28. The Morgan fingerprint density at radius 3 is 1.33 bits per heavy atom. The van der Waals surface area contributed by atoms with Crippen molar-refractivity contribution in [3.8, 4) is 55.6 Å². The summed E-state index contributed by atoms with van der Waals surface area (Å²) < 4.78 is 2.65. The molecule has 0 spiro atoms. The second-order valence-corrected chi connectivity index (χ2v) is 16.4. The third-order valence-electron chi connectivity index (χ3n) is 11.7. The molecule has 1 aromatic heterocycles. The molecule has 0 aliphatic rings. The van der Waals surface area contributed by atoms with Crippen LogP contribution < -0.4 is 4.90 Å². The van der Waals surface area contributed by atoms with Crippen LogP contribution in [0.4, 0.5) is 17.1 Å². The van der Waals surface area contributed by atoms with Crippen LogP contribution in [0, 0.1) is 0 Å². The largest absolute Gasteiger partial charge is 0.311 e. The van der Waals surface area contributed by atoms with Gasteiger partial charge in [0.15, 0.2) is 0 Å². The molecule has 0 aliphatic carbocycles. The minimum atomic E-state index is 1.10. The van der Waals surface area contributed by atoms with E-state index in [0.29, 0.717) is 0 Å². The number of anilines is 3. The Kier molecular flexibility index (Phi) is 9.11. The van der Waals surface area contributed by atoms with Gasteiger partial charge >= 0.3 is 0 Å². The molecule has 0 N–H and O–H groups in total. The van der Waals surface area contributed by atoms with Crippen molar-refractivity contribution in [2.75, 3.05) is 4.90 Å². The van der Waals surface area contributed by atoms with Crippen LogP contribution in [0.5, 0.6) is 0 Å². The van der Waals surface area contributed by atoms with E-state index in [0.717, 1.165) is 17.1 Å². The average Bonchev–Trinajstić information content (AvgIpc) is 3.71. The Morgan fingerprint density at radius 2 is 0.667 bits per heavy atom. The van der Waals surface area contributed by atoms with Gasteiger partial charge in [-0.05, 0) is 133 Å². The van der Waals surface area contributed by atoms with E-state index in [9.17, 15) is 0 Å². The minimum absolute atomic E-state index is 1.10. The van der Waals surface area contributed by atoms with Crippen LogP contribution in [0.1, 0.15) is 0 Å². The smallest absolute Gasteiger partial charge is 0.0462 e. The van der Waals surface area contributed by atoms with Gasteiger partial charge < -0.3 is 4.90 Å². The van der Waals surface area contributed by atoms with Crippen LogP contribution in [-0.2, 0) is 0 Å². The topological polar surface area (TPSA) is 3.24 Å². The maximum atomic E-state index is 2.35. The highest BCUT2D eigenvalue weighted by atomic mass is 32.1. The molecule has 0 saturated carbocycles. The predicted molar refractivity (Wildman–Crippen MR) is 259 cm³/mol. The van der Waals surface area contributed by atoms with Gasteiger partial charge in [0.05, 0.1) is 0 Å². The highest BCUT2D eigenvalue weighted by Gasteiger charge is 2.15. The van der Waals surface area contributed by atoms with Gasteiger partial charge in [-0.15, -0.1) is 11.3 Å². The summed E-state index contributed by atoms with van der Waals surface area (Å²) in [6.07, 6.45) is 0. The van der Waals surface area contributed by atoms with Crippen LogP contribution >= 0.6 is 11.3 Å². The Bertz CT molecular complexity index is 3280. The summed E-state index contributed by atoms with van der Waals surface area (Å²) in [6, 6.07) is 86.1. The van der Waals surface area contributed by atoms with E-state index in [1.54, 1.807) is 0 Å². The molecule has 0 radical (unpaired) electrons. The monoisotopic (exact) mass is 781 g/mol. The second kappa shape index (κ2) is 15.3. The van der Waals surface area contributed by atoms with Gasteiger partial charge in [0.2, 0.25) is 0 Å². The van der Waals surface area contributed by atoms with Crippen molar-refractivity contribution < 1.29 is 0 Å². The zero-order chi connectivity index (χ0) is 39.8. The number of rotatable bonds is 8. The van der Waals surface area contributed by atoms with Crippen LogP contribution in [-0.4, -0.2) is 0 Å². The lowest BCUT2D eigenvalue weighted by Gasteiger charge is -2.26. The highest BCUT2D eigenvalue weighted by Crippen LogP contribution is 2.40. The lowest BCUT2D eigenvalue weighted by Crippen LogP contribution is -2.09. The number of hydrogen-bond donors (Lipinski definition) is 0. The van der Waals surface area contributed by atoms with Crippen LogP contribution in [0.15, 0.2) is 237 Å². The fourth-order valence-electron chi connectivity index (χ4n) is 8.61. The molecule has 11 aromatic rings. The molecule has 0 fully saturated rings. The normalized spacial score (nSPS) is 11.3. The summed E-state index contributed by atoms with van der Waals surface area (Å²) in [7, 11) is 0. The Hall–Kier alpha value is -7.52. The summed E-state index contributed by atoms with van der Waals surface area (Å²) >= 11 is 1.86. The molecular formula is C58H39NS. The Morgan fingerprint density at radius 1 is 0.250 bits per heavy atom. The first-order chi connectivity index (χ1) is 29.7. The first-order valence-electron chi connectivity index (χ1n) is 20.5. The van der Waals surface area contributed by atoms with Gasteiger partial charge in [0.25, 0.3) is 0 Å². The van der Waals surface area contributed by atoms with Gasteiger partial charge in [-0.25, -0.2) is 0 Å². The zero-order valence-corrected chi connectivity index (χ0v) is 33.7. The number of benzene rings is 10. The summed E-state index contributed by atoms with van der Waals surface area (Å²) in [5.74, 6) is 0. The molecule has 11 rings (SSSR count). The van der Waals surface area contributed by atoms with Crippen molar-refractivity contribution in [3.63, 3.8) is 0 Å². The fraction of sp³-hybridized carbons (Fsp3) is 0. The molecule has 2 heteroatoms. The van der Waals surface area contributed by atoms with Gasteiger partial charge in [0, 0.05) is 37.2 Å². The summed E-state index contributed by atoms with van der Waals surface area (Å²) in [5.41, 5.74) is 15.4. The van der Waals surface area contributed by atoms with Crippen molar-refractivity contribution in [1.82, 2.24) is 0 Å². The molecule has 282 valence electrons. The maximum Gasteiger partial charge on any atom is 0.0462 e. The third-order valence-corrected chi connectivity index (χ3v) is 12.8. The third kappa shape index (κ3) is 6.73. The molecule has 0 bridgehead atoms. The standard InChI is InChI=1S/C58H39NS/c1-2-11-40(12-3-1)41-23-30-50(31-24-41)59(52-34-27-43(28-35-52)48-29-36-58-56(39-48)55-20-6-7-22-57(55)60-58)51-32-25-42(26-33-51)45-15-8-16-46(37-45)47-17-9-18-49(38-47)54-21-10-14-44-13-4-5-19-53(44)54/h1-39H. The van der Waals surface area contributed by atoms with E-state index in [4.69, 9.17) is 0 Å². The van der Waals surface area contributed by atoms with E-state index in [1.165, 1.54) is 86.6 Å². The Labute approximate surface area is 354 Å². The summed E-state index contributed by atoms with van der Waals surface area (Å²) in [5, 5.41) is 5.17. The van der Waals surface area contributed by atoms with Crippen LogP contribution in [0.25, 0.3) is 86.6 Å². The molecule has 0 unspecified atom stereocenters. The first kappa shape index (κ1) is 35.6. The zero-order valence-electron chi connectivity index (χ0n) is 32.9. The van der Waals surface area contributed by atoms with E-state index in [2.05, 4.69) is 241 Å². The van der Waals surface area contributed by atoms with Crippen molar-refractivity contribution >= 4 is 59.3 Å². The minimum Gasteiger partial charge on any atom is -0.311 e. The SMILES string of the molecule is c1ccc(-c2ccc(N(c3ccc(-c4cccc(-c5cccc(-c6cccc7ccccc67)c5)c4)cc3)c3ccc(-c4ccc5sc6ccccc6c5c4)cc3)cc2)cc1. The molecule has 60 heavy (non-hydrogen) atoms. The molecule has 0 atom stereocenters. The molecule has 1 nitrogen and oxygen atoms in total. The van der Waals surface area contributed by atoms with Gasteiger partial charge in [-0.2, -0.15) is 0 Å². The maximum absolute atomic E-state index is 2.35. The molecule has 0 saturated heterocycles. The number of nitrogens with zero attached hydrogens (tertiary/aromatic N) is 1. The van der Waals surface area contributed by atoms with Crippen molar-refractivity contribution in [2.24, 2.45) is 0 Å². The molecule has 0 aliphatic heterocycles. The van der Waals surface area contributed by atoms with E-state index in [-0.39, 0.29) is 0 Å². The molecular weight excluding hydrogens is 743 g/mol. The fourth-order valence-corrected chi connectivity index (χ4v) is 9.70. The highest BCUT2D eigenvalue weighted by molar-refractivity contribution is 7.25. The van der Waals surface area contributed by atoms with Gasteiger partial charge in [0.1, 0.15) is 0 Å². The lowest BCUT2D eigenvalue weighted by atomic mass is 9.94. The van der Waals surface area contributed by atoms with Crippen LogP contribution in [0.2, 0.25) is 0 Å². The van der Waals surface area contributed by atoms with Crippen molar-refractivity contribution in [2.45, 2.75) is 0 Å². The second-order valence-electron chi connectivity index (χ2n) is 15.3. The van der Waals surface area contributed by atoms with E-state index < -0.39 is 0 Å². The van der Waals surface area contributed by atoms with E-state index in [1.807, 2.05) is 11.3 Å². The number of thiophene rings is 1. The van der Waals surface area contributed by atoms with Crippen molar-refractivity contribution in [1.29, 1.82) is 0 Å². The van der Waals surface area contributed by atoms with Gasteiger partial charge in [-0.1, -0.05) is 170 Å². The van der Waals surface area contributed by atoms with Gasteiger partial charge in [-0.3, -0.25) is 0 Å². The van der Waals surface area contributed by atoms with Crippen LogP contribution in [0.3, 0.4) is 0 Å². The Balaban J connectivity index is 0.925. The molecule has 0 amide bonds. The van der Waals surface area contributed by atoms with Crippen molar-refractivity contribution in [3.05, 3.63) is 237 Å². The summed E-state index contributed by atoms with van der Waals surface area (Å²) in [6.45, 7) is 0. The van der Waals surface area contributed by atoms with E-state index >= 15 is 0 Å². The number of hydrogen-bond acceptors (Lipinski definition) is 2. The average molecular weight is 782 g/mol. The first-order valence-corrected chi connectivity index (χ1v) is 21.3. The summed E-state index contributed by atoms with van der Waals surface area (Å²) in [4.78, 5) is 2.35. The number of fused-ring (bicyclic) bond motifs is 4. The quantitative estimate of drug-likeness (QED) is 0.148. The molecule has 10 aromatic carbocycles.